The second-order valence-electron chi connectivity index (χ2n) is 4.05. The van der Waals surface area contributed by atoms with E-state index < -0.39 is 0 Å². The van der Waals surface area contributed by atoms with E-state index in [0.29, 0.717) is 0 Å². The monoisotopic (exact) mass is 241 g/mol. The van der Waals surface area contributed by atoms with Crippen LogP contribution in [0.2, 0.25) is 0 Å². The number of nitrogens with one attached hydrogen (secondary N) is 1. The number of fused-ring (bicyclic) bond motifs is 1. The quantitative estimate of drug-likeness (QED) is 0.746. The van der Waals surface area contributed by atoms with Gasteiger partial charge >= 0.3 is 0 Å². The number of nitrogens with zero attached hydrogens (tertiary/aromatic N) is 2. The highest BCUT2D eigenvalue weighted by atomic mass is 19.1. The summed E-state index contributed by atoms with van der Waals surface area (Å²) in [7, 11) is 1.87. The van der Waals surface area contributed by atoms with Gasteiger partial charge in [0.25, 0.3) is 0 Å². The summed E-state index contributed by atoms with van der Waals surface area (Å²) < 4.78 is 14.9. The van der Waals surface area contributed by atoms with Gasteiger partial charge in [0.1, 0.15) is 11.6 Å². The maximum absolute atomic E-state index is 12.9. The average molecular weight is 241 g/mol. The Labute approximate surface area is 104 Å². The SMILES string of the molecule is CNc1ccc2cnc(-c3ccc(F)cc3)n2c1. The van der Waals surface area contributed by atoms with Gasteiger partial charge in [-0.05, 0) is 36.4 Å². The van der Waals surface area contributed by atoms with Crippen LogP contribution in [0.1, 0.15) is 0 Å². The molecule has 0 saturated heterocycles. The highest BCUT2D eigenvalue weighted by Crippen LogP contribution is 2.21. The molecule has 0 bridgehead atoms. The molecule has 0 amide bonds. The van der Waals surface area contributed by atoms with E-state index in [1.807, 2.05) is 29.8 Å². The number of aromatic nitrogens is 2. The van der Waals surface area contributed by atoms with Crippen LogP contribution in [0.3, 0.4) is 0 Å². The zero-order valence-corrected chi connectivity index (χ0v) is 9.89. The van der Waals surface area contributed by atoms with E-state index in [2.05, 4.69) is 10.3 Å². The number of hydrogen-bond acceptors (Lipinski definition) is 2. The van der Waals surface area contributed by atoms with Gasteiger partial charge in [0, 0.05) is 18.8 Å². The minimum absolute atomic E-state index is 0.240. The van der Waals surface area contributed by atoms with E-state index in [-0.39, 0.29) is 5.82 Å². The number of imidazole rings is 1. The fourth-order valence-electron chi connectivity index (χ4n) is 1.95. The van der Waals surface area contributed by atoms with Gasteiger partial charge in [-0.1, -0.05) is 0 Å². The van der Waals surface area contributed by atoms with Crippen LogP contribution < -0.4 is 5.32 Å². The Hall–Kier alpha value is -2.36. The van der Waals surface area contributed by atoms with E-state index in [1.54, 1.807) is 18.3 Å². The molecule has 2 heterocycles. The third-order valence-corrected chi connectivity index (χ3v) is 2.92. The number of rotatable bonds is 2. The lowest BCUT2D eigenvalue weighted by Gasteiger charge is -2.04. The van der Waals surface area contributed by atoms with E-state index >= 15 is 0 Å². The van der Waals surface area contributed by atoms with Crippen LogP contribution in [-0.2, 0) is 0 Å². The fraction of sp³-hybridized carbons (Fsp3) is 0.0714. The summed E-state index contributed by atoms with van der Waals surface area (Å²) in [5.41, 5.74) is 2.90. The van der Waals surface area contributed by atoms with Crippen molar-refractivity contribution in [2.24, 2.45) is 0 Å². The molecule has 0 fully saturated rings. The summed E-state index contributed by atoms with van der Waals surface area (Å²) in [5.74, 6) is 0.567. The van der Waals surface area contributed by atoms with E-state index in [1.165, 1.54) is 12.1 Å². The maximum Gasteiger partial charge on any atom is 0.144 e. The van der Waals surface area contributed by atoms with Crippen LogP contribution in [0.4, 0.5) is 10.1 Å². The Bertz CT molecular complexity index is 686. The van der Waals surface area contributed by atoms with Crippen LogP contribution >= 0.6 is 0 Å². The Balaban J connectivity index is 2.19. The van der Waals surface area contributed by atoms with E-state index in [4.69, 9.17) is 0 Å². The molecular weight excluding hydrogens is 229 g/mol. The van der Waals surface area contributed by atoms with Gasteiger partial charge in [-0.25, -0.2) is 9.37 Å². The molecule has 2 aromatic heterocycles. The molecule has 0 aliphatic heterocycles. The molecular formula is C14H12FN3. The van der Waals surface area contributed by atoms with Crippen LogP contribution in [0.5, 0.6) is 0 Å². The molecule has 4 heteroatoms. The molecule has 3 nitrogen and oxygen atoms in total. The second kappa shape index (κ2) is 4.14. The van der Waals surface area contributed by atoms with Gasteiger partial charge in [0.05, 0.1) is 17.4 Å². The summed E-state index contributed by atoms with van der Waals surface area (Å²) in [6.07, 6.45) is 3.78. The summed E-state index contributed by atoms with van der Waals surface area (Å²) in [4.78, 5) is 4.38. The largest absolute Gasteiger partial charge is 0.387 e. The standard InChI is InChI=1S/C14H12FN3/c1-16-12-6-7-13-8-17-14(18(13)9-12)10-2-4-11(15)5-3-10/h2-9,16H,1H3. The van der Waals surface area contributed by atoms with E-state index in [0.717, 1.165) is 22.6 Å². The molecule has 0 radical (unpaired) electrons. The Morgan fingerprint density at radius 1 is 1.11 bits per heavy atom. The first-order chi connectivity index (χ1) is 8.78. The van der Waals surface area contributed by atoms with Crippen LogP contribution in [0, 0.1) is 5.82 Å². The van der Waals surface area contributed by atoms with Crippen molar-refractivity contribution in [2.75, 3.05) is 12.4 Å². The average Bonchev–Trinajstić information content (AvgIpc) is 2.82. The lowest BCUT2D eigenvalue weighted by molar-refractivity contribution is 0.628. The van der Waals surface area contributed by atoms with Gasteiger partial charge in [0.2, 0.25) is 0 Å². The predicted molar refractivity (Wildman–Crippen MR) is 70.1 cm³/mol. The van der Waals surface area contributed by atoms with Crippen molar-refractivity contribution in [3.63, 3.8) is 0 Å². The summed E-state index contributed by atoms with van der Waals surface area (Å²) >= 11 is 0. The third-order valence-electron chi connectivity index (χ3n) is 2.92. The molecule has 3 aromatic rings. The van der Waals surface area contributed by atoms with Crippen molar-refractivity contribution in [3.05, 3.63) is 54.6 Å². The molecule has 1 aromatic carbocycles. The van der Waals surface area contributed by atoms with Crippen molar-refractivity contribution in [3.8, 4) is 11.4 Å². The number of benzene rings is 1. The van der Waals surface area contributed by atoms with Gasteiger partial charge < -0.3 is 5.32 Å². The minimum atomic E-state index is -0.240. The van der Waals surface area contributed by atoms with Gasteiger partial charge in [-0.3, -0.25) is 4.40 Å². The maximum atomic E-state index is 12.9. The lowest BCUT2D eigenvalue weighted by Crippen LogP contribution is -1.93. The molecule has 0 atom stereocenters. The fourth-order valence-corrected chi connectivity index (χ4v) is 1.95. The van der Waals surface area contributed by atoms with Gasteiger partial charge in [-0.2, -0.15) is 0 Å². The lowest BCUT2D eigenvalue weighted by atomic mass is 10.2. The van der Waals surface area contributed by atoms with Crippen molar-refractivity contribution < 1.29 is 4.39 Å². The summed E-state index contributed by atoms with van der Waals surface area (Å²) in [6.45, 7) is 0. The predicted octanol–water partition coefficient (Wildman–Crippen LogP) is 3.18. The molecule has 90 valence electrons. The first-order valence-corrected chi connectivity index (χ1v) is 5.69. The van der Waals surface area contributed by atoms with Crippen LogP contribution in [0.15, 0.2) is 48.8 Å². The van der Waals surface area contributed by atoms with E-state index in [9.17, 15) is 4.39 Å². The Kier molecular flexibility index (Phi) is 2.48. The number of halogens is 1. The number of pyridine rings is 1. The summed E-state index contributed by atoms with van der Waals surface area (Å²) in [6, 6.07) is 10.3. The number of hydrogen-bond donors (Lipinski definition) is 1. The molecule has 0 aliphatic rings. The zero-order valence-electron chi connectivity index (χ0n) is 9.89. The Morgan fingerprint density at radius 3 is 2.61 bits per heavy atom. The van der Waals surface area contributed by atoms with Gasteiger partial charge in [0.15, 0.2) is 0 Å². The van der Waals surface area contributed by atoms with Crippen molar-refractivity contribution in [1.82, 2.24) is 9.38 Å². The smallest absolute Gasteiger partial charge is 0.144 e. The van der Waals surface area contributed by atoms with Crippen molar-refractivity contribution in [2.45, 2.75) is 0 Å². The third kappa shape index (κ3) is 1.72. The van der Waals surface area contributed by atoms with Crippen molar-refractivity contribution in [1.29, 1.82) is 0 Å². The molecule has 0 unspecified atom stereocenters. The highest BCUT2D eigenvalue weighted by Gasteiger charge is 2.06. The topological polar surface area (TPSA) is 29.3 Å². The zero-order chi connectivity index (χ0) is 12.5. The summed E-state index contributed by atoms with van der Waals surface area (Å²) in [5, 5.41) is 3.09. The first kappa shape index (κ1) is 10.8. The highest BCUT2D eigenvalue weighted by molar-refractivity contribution is 5.64. The Morgan fingerprint density at radius 2 is 1.89 bits per heavy atom. The molecule has 1 N–H and O–H groups in total. The van der Waals surface area contributed by atoms with Crippen LogP contribution in [-0.4, -0.2) is 16.4 Å². The molecule has 0 saturated carbocycles. The minimum Gasteiger partial charge on any atom is -0.387 e. The number of anilines is 1. The first-order valence-electron chi connectivity index (χ1n) is 5.69. The molecule has 3 rings (SSSR count). The van der Waals surface area contributed by atoms with Crippen LogP contribution in [0.25, 0.3) is 16.9 Å². The second-order valence-corrected chi connectivity index (χ2v) is 4.05. The molecule has 0 spiro atoms. The molecule has 18 heavy (non-hydrogen) atoms. The van der Waals surface area contributed by atoms with Gasteiger partial charge in [-0.15, -0.1) is 0 Å². The van der Waals surface area contributed by atoms with Crippen molar-refractivity contribution >= 4 is 11.2 Å². The normalized spacial score (nSPS) is 10.8. The molecule has 0 aliphatic carbocycles.